The second-order valence-electron chi connectivity index (χ2n) is 6.34. The number of aromatic nitrogens is 2. The molecule has 0 bridgehead atoms. The van der Waals surface area contributed by atoms with Gasteiger partial charge in [0.2, 0.25) is 5.28 Å². The maximum absolute atomic E-state index is 6.34. The molecule has 0 aliphatic heterocycles. The van der Waals surface area contributed by atoms with Crippen molar-refractivity contribution >= 4 is 60.6 Å². The SMILES string of the molecule is CCc1sc2nc(Cl)nc(N(CC)c3ccccc3)c2c1-c1ccc(Br)cc1. The Morgan fingerprint density at radius 3 is 2.36 bits per heavy atom. The summed E-state index contributed by atoms with van der Waals surface area (Å²) in [6.07, 6.45) is 0.931. The van der Waals surface area contributed by atoms with Crippen molar-refractivity contribution in [3.8, 4) is 11.1 Å². The van der Waals surface area contributed by atoms with Crippen LogP contribution in [-0.2, 0) is 6.42 Å². The molecule has 0 amide bonds. The van der Waals surface area contributed by atoms with Gasteiger partial charge in [0.25, 0.3) is 0 Å². The highest BCUT2D eigenvalue weighted by Crippen LogP contribution is 2.44. The van der Waals surface area contributed by atoms with E-state index in [9.17, 15) is 0 Å². The highest BCUT2D eigenvalue weighted by atomic mass is 79.9. The van der Waals surface area contributed by atoms with E-state index in [1.807, 2.05) is 18.2 Å². The summed E-state index contributed by atoms with van der Waals surface area (Å²) in [5.41, 5.74) is 3.46. The molecule has 0 unspecified atom stereocenters. The molecule has 2 aromatic heterocycles. The Hall–Kier alpha value is -1.95. The van der Waals surface area contributed by atoms with Crippen molar-refractivity contribution < 1.29 is 0 Å². The van der Waals surface area contributed by atoms with Crippen molar-refractivity contribution in [3.63, 3.8) is 0 Å². The van der Waals surface area contributed by atoms with Crippen LogP contribution < -0.4 is 4.90 Å². The van der Waals surface area contributed by atoms with Gasteiger partial charge in [0.05, 0.1) is 5.39 Å². The molecule has 28 heavy (non-hydrogen) atoms. The molecule has 6 heteroatoms. The monoisotopic (exact) mass is 471 g/mol. The molecule has 0 N–H and O–H groups in total. The Balaban J connectivity index is 2.03. The van der Waals surface area contributed by atoms with Crippen LogP contribution in [0.2, 0.25) is 5.28 Å². The third-order valence-electron chi connectivity index (χ3n) is 4.67. The van der Waals surface area contributed by atoms with Gasteiger partial charge in [0.1, 0.15) is 10.6 Å². The van der Waals surface area contributed by atoms with Crippen molar-refractivity contribution in [2.45, 2.75) is 20.3 Å². The van der Waals surface area contributed by atoms with Gasteiger partial charge in [0.15, 0.2) is 0 Å². The van der Waals surface area contributed by atoms with Gasteiger partial charge in [-0.1, -0.05) is 53.2 Å². The van der Waals surface area contributed by atoms with E-state index in [1.165, 1.54) is 16.0 Å². The van der Waals surface area contributed by atoms with E-state index in [-0.39, 0.29) is 5.28 Å². The van der Waals surface area contributed by atoms with Crippen molar-refractivity contribution in [2.75, 3.05) is 11.4 Å². The Labute approximate surface area is 182 Å². The van der Waals surface area contributed by atoms with Crippen LogP contribution >= 0.6 is 38.9 Å². The lowest BCUT2D eigenvalue weighted by Crippen LogP contribution is -2.18. The fraction of sp³-hybridized carbons (Fsp3) is 0.182. The first-order valence-corrected chi connectivity index (χ1v) is 11.2. The van der Waals surface area contributed by atoms with Crippen molar-refractivity contribution in [3.05, 3.63) is 69.2 Å². The summed E-state index contributed by atoms with van der Waals surface area (Å²) < 4.78 is 1.06. The molecule has 2 heterocycles. The first kappa shape index (κ1) is 19.4. The number of fused-ring (bicyclic) bond motifs is 1. The van der Waals surface area contributed by atoms with Crippen LogP contribution in [0.4, 0.5) is 11.5 Å². The molecule has 0 saturated carbocycles. The number of hydrogen-bond acceptors (Lipinski definition) is 4. The number of aryl methyl sites for hydroxylation is 1. The first-order valence-electron chi connectivity index (χ1n) is 9.19. The number of nitrogens with zero attached hydrogens (tertiary/aromatic N) is 3. The van der Waals surface area contributed by atoms with Crippen LogP contribution in [0.15, 0.2) is 59.1 Å². The Morgan fingerprint density at radius 1 is 1.00 bits per heavy atom. The number of thiophene rings is 1. The first-order chi connectivity index (χ1) is 13.6. The predicted octanol–water partition coefficient (Wildman–Crippen LogP) is 7.49. The van der Waals surface area contributed by atoms with Gasteiger partial charge < -0.3 is 4.90 Å². The molecule has 0 fully saturated rings. The van der Waals surface area contributed by atoms with Gasteiger partial charge in [-0.3, -0.25) is 0 Å². The minimum absolute atomic E-state index is 0.281. The van der Waals surface area contributed by atoms with Gasteiger partial charge in [-0.25, -0.2) is 4.98 Å². The normalized spacial score (nSPS) is 11.1. The molecule has 0 spiro atoms. The fourth-order valence-electron chi connectivity index (χ4n) is 3.43. The van der Waals surface area contributed by atoms with Crippen LogP contribution in [0.1, 0.15) is 18.7 Å². The summed E-state index contributed by atoms with van der Waals surface area (Å²) in [5, 5.41) is 1.35. The van der Waals surface area contributed by atoms with Crippen LogP contribution in [0.3, 0.4) is 0 Å². The van der Waals surface area contributed by atoms with E-state index in [1.54, 1.807) is 11.3 Å². The van der Waals surface area contributed by atoms with E-state index in [4.69, 9.17) is 11.6 Å². The molecule has 4 aromatic rings. The van der Waals surface area contributed by atoms with Gasteiger partial charge >= 0.3 is 0 Å². The number of anilines is 2. The molecule has 0 atom stereocenters. The number of hydrogen-bond donors (Lipinski definition) is 0. The lowest BCUT2D eigenvalue weighted by atomic mass is 10.0. The quantitative estimate of drug-likeness (QED) is 0.282. The number of para-hydroxylation sites is 1. The van der Waals surface area contributed by atoms with E-state index in [0.29, 0.717) is 0 Å². The predicted molar refractivity (Wildman–Crippen MR) is 124 cm³/mol. The highest BCUT2D eigenvalue weighted by molar-refractivity contribution is 9.10. The summed E-state index contributed by atoms with van der Waals surface area (Å²) >= 11 is 11.6. The largest absolute Gasteiger partial charge is 0.326 e. The second kappa shape index (κ2) is 8.19. The smallest absolute Gasteiger partial charge is 0.225 e. The lowest BCUT2D eigenvalue weighted by molar-refractivity contribution is 0.991. The minimum Gasteiger partial charge on any atom is -0.326 e. The number of halogens is 2. The van der Waals surface area contributed by atoms with Crippen molar-refractivity contribution in [1.82, 2.24) is 9.97 Å². The van der Waals surface area contributed by atoms with Gasteiger partial charge in [-0.05, 0) is 54.8 Å². The van der Waals surface area contributed by atoms with Crippen molar-refractivity contribution in [1.29, 1.82) is 0 Å². The van der Waals surface area contributed by atoms with Gasteiger partial charge in [-0.2, -0.15) is 4.98 Å². The van der Waals surface area contributed by atoms with Crippen LogP contribution in [0, 0.1) is 0 Å². The van der Waals surface area contributed by atoms with Crippen LogP contribution in [0.5, 0.6) is 0 Å². The summed E-state index contributed by atoms with van der Waals surface area (Å²) in [4.78, 5) is 13.7. The zero-order chi connectivity index (χ0) is 19.7. The van der Waals surface area contributed by atoms with Gasteiger partial charge in [-0.15, -0.1) is 11.3 Å². The maximum Gasteiger partial charge on any atom is 0.225 e. The number of benzene rings is 2. The zero-order valence-corrected chi connectivity index (χ0v) is 18.8. The Morgan fingerprint density at radius 2 is 1.71 bits per heavy atom. The molecule has 3 nitrogen and oxygen atoms in total. The Kier molecular flexibility index (Phi) is 5.67. The third kappa shape index (κ3) is 3.54. The average molecular weight is 473 g/mol. The molecule has 4 rings (SSSR count). The van der Waals surface area contributed by atoms with Gasteiger partial charge in [0, 0.05) is 27.1 Å². The molecule has 0 saturated heterocycles. The minimum atomic E-state index is 0.281. The zero-order valence-electron chi connectivity index (χ0n) is 15.6. The van der Waals surface area contributed by atoms with Crippen molar-refractivity contribution in [2.24, 2.45) is 0 Å². The van der Waals surface area contributed by atoms with E-state index >= 15 is 0 Å². The van der Waals surface area contributed by atoms with E-state index in [2.05, 4.69) is 81.0 Å². The Bertz CT molecular complexity index is 1110. The van der Waals surface area contributed by atoms with Crippen LogP contribution in [-0.4, -0.2) is 16.5 Å². The molecule has 2 aromatic carbocycles. The topological polar surface area (TPSA) is 29.0 Å². The standard InChI is InChI=1S/C22H19BrClN3S/c1-3-17-18(14-10-12-15(23)13-11-14)19-20(25-22(24)26-21(19)28-17)27(4-2)16-8-6-5-7-9-16/h5-13H,3-4H2,1-2H3. The number of rotatable bonds is 5. The molecule has 0 aliphatic rings. The molecular weight excluding hydrogens is 454 g/mol. The summed E-state index contributed by atoms with van der Waals surface area (Å²) in [7, 11) is 0. The maximum atomic E-state index is 6.34. The molecule has 0 aliphatic carbocycles. The summed E-state index contributed by atoms with van der Waals surface area (Å²) in [6, 6.07) is 18.7. The highest BCUT2D eigenvalue weighted by Gasteiger charge is 2.22. The molecule has 0 radical (unpaired) electrons. The molecule has 142 valence electrons. The summed E-state index contributed by atoms with van der Waals surface area (Å²) in [5.74, 6) is 0.859. The summed E-state index contributed by atoms with van der Waals surface area (Å²) in [6.45, 7) is 5.08. The fourth-order valence-corrected chi connectivity index (χ4v) is 5.04. The average Bonchev–Trinajstić information content (AvgIpc) is 3.08. The van der Waals surface area contributed by atoms with E-state index in [0.717, 1.165) is 39.2 Å². The van der Waals surface area contributed by atoms with E-state index < -0.39 is 0 Å². The second-order valence-corrected chi connectivity index (χ2v) is 8.67. The van der Waals surface area contributed by atoms with Crippen LogP contribution in [0.25, 0.3) is 21.3 Å². The molecular formula is C22H19BrClN3S. The lowest BCUT2D eigenvalue weighted by Gasteiger charge is -2.23. The third-order valence-corrected chi connectivity index (χ3v) is 6.60.